The fraction of sp³-hybridized carbons (Fsp3) is 0.667. The Morgan fingerprint density at radius 1 is 1.44 bits per heavy atom. The summed E-state index contributed by atoms with van der Waals surface area (Å²) in [5, 5.41) is 9.36. The molecular formula is C12H16N4OS. The lowest BCUT2D eigenvalue weighted by Gasteiger charge is -2.46. The number of thiocarbonyl (C=S) groups is 1. The summed E-state index contributed by atoms with van der Waals surface area (Å²) in [5.74, 6) is -1.44. The van der Waals surface area contributed by atoms with Crippen LogP contribution in [0.2, 0.25) is 0 Å². The van der Waals surface area contributed by atoms with Crippen LogP contribution in [0.1, 0.15) is 32.1 Å². The lowest BCUT2D eigenvalue weighted by molar-refractivity contribution is -0.124. The lowest BCUT2D eigenvalue weighted by atomic mass is 9.57. The highest BCUT2D eigenvalue weighted by molar-refractivity contribution is 7.80. The zero-order valence-electron chi connectivity index (χ0n) is 10.1. The number of primary amides is 1. The summed E-state index contributed by atoms with van der Waals surface area (Å²) in [6, 6.07) is 2.20. The minimum absolute atomic E-state index is 0.238. The van der Waals surface area contributed by atoms with E-state index >= 15 is 0 Å². The molecular weight excluding hydrogens is 248 g/mol. The number of carbonyl (C=O) groups excluding carboxylic acids is 1. The van der Waals surface area contributed by atoms with Gasteiger partial charge < -0.3 is 11.5 Å². The first kappa shape index (κ1) is 13.0. The molecule has 5 nitrogen and oxygen atoms in total. The number of hydrogen-bond acceptors (Lipinski definition) is 4. The van der Waals surface area contributed by atoms with Crippen LogP contribution in [-0.4, -0.2) is 16.7 Å². The largest absolute Gasteiger partial charge is 0.386 e. The quantitative estimate of drug-likeness (QED) is 0.685. The number of hydrogen-bond donors (Lipinski definition) is 2. The van der Waals surface area contributed by atoms with Gasteiger partial charge in [-0.15, -0.1) is 0 Å². The Morgan fingerprint density at radius 2 is 2.06 bits per heavy atom. The molecule has 1 amide bonds. The fourth-order valence-electron chi connectivity index (χ4n) is 3.35. The number of nitriles is 1. The molecule has 0 saturated heterocycles. The van der Waals surface area contributed by atoms with Crippen LogP contribution in [0.4, 0.5) is 0 Å². The molecule has 4 N–H and O–H groups in total. The van der Waals surface area contributed by atoms with Crippen LogP contribution < -0.4 is 11.5 Å². The number of nitrogens with two attached hydrogens (primary N) is 2. The van der Waals surface area contributed by atoms with Crippen molar-refractivity contribution in [3.8, 4) is 6.07 Å². The van der Waals surface area contributed by atoms with Gasteiger partial charge in [0.2, 0.25) is 5.91 Å². The van der Waals surface area contributed by atoms with Gasteiger partial charge >= 0.3 is 0 Å². The highest BCUT2D eigenvalue weighted by atomic mass is 32.1. The minimum Gasteiger partial charge on any atom is -0.386 e. The van der Waals surface area contributed by atoms with Crippen molar-refractivity contribution >= 4 is 28.9 Å². The molecule has 1 aliphatic heterocycles. The second-order valence-corrected chi connectivity index (χ2v) is 5.48. The van der Waals surface area contributed by atoms with E-state index in [1.54, 1.807) is 0 Å². The summed E-state index contributed by atoms with van der Waals surface area (Å²) in [7, 11) is 0. The van der Waals surface area contributed by atoms with E-state index in [-0.39, 0.29) is 10.8 Å². The highest BCUT2D eigenvalue weighted by Crippen LogP contribution is 2.50. The zero-order valence-corrected chi connectivity index (χ0v) is 10.9. The number of carbonyl (C=O) groups is 1. The van der Waals surface area contributed by atoms with Gasteiger partial charge in [-0.3, -0.25) is 4.79 Å². The number of nitrogens with zero attached hydrogens (tertiary/aromatic N) is 2. The Hall–Kier alpha value is -1.48. The third-order valence-electron chi connectivity index (χ3n) is 4.13. The third kappa shape index (κ3) is 1.79. The van der Waals surface area contributed by atoms with E-state index in [9.17, 15) is 10.1 Å². The van der Waals surface area contributed by atoms with Gasteiger partial charge in [0.05, 0.1) is 12.0 Å². The van der Waals surface area contributed by atoms with Gasteiger partial charge in [0.15, 0.2) is 0 Å². The van der Waals surface area contributed by atoms with Crippen molar-refractivity contribution in [2.45, 2.75) is 32.1 Å². The summed E-state index contributed by atoms with van der Waals surface area (Å²) in [6.07, 6.45) is 4.56. The van der Waals surface area contributed by atoms with Crippen LogP contribution >= 0.6 is 12.2 Å². The monoisotopic (exact) mass is 264 g/mol. The SMILES string of the molecule is N#CC1C(N)=NC(=S)C(C(N)=O)C12CCCCC2. The van der Waals surface area contributed by atoms with Gasteiger partial charge in [0.25, 0.3) is 0 Å². The van der Waals surface area contributed by atoms with Crippen LogP contribution in [-0.2, 0) is 4.79 Å². The molecule has 0 aromatic carbocycles. The molecule has 0 aromatic heterocycles. The number of amides is 1. The molecule has 2 atom stereocenters. The van der Waals surface area contributed by atoms with Crippen LogP contribution in [0.15, 0.2) is 4.99 Å². The summed E-state index contributed by atoms with van der Waals surface area (Å²) in [6.45, 7) is 0. The number of rotatable bonds is 1. The van der Waals surface area contributed by atoms with E-state index in [0.717, 1.165) is 32.1 Å². The smallest absolute Gasteiger partial charge is 0.228 e. The lowest BCUT2D eigenvalue weighted by Crippen LogP contribution is -2.55. The Labute approximate surface area is 111 Å². The first-order valence-electron chi connectivity index (χ1n) is 6.10. The van der Waals surface area contributed by atoms with Crippen molar-refractivity contribution in [1.82, 2.24) is 0 Å². The number of aliphatic imine (C=N–C) groups is 1. The predicted octanol–water partition coefficient (Wildman–Crippen LogP) is 0.876. The van der Waals surface area contributed by atoms with Crippen molar-refractivity contribution in [1.29, 1.82) is 5.26 Å². The van der Waals surface area contributed by atoms with E-state index in [4.69, 9.17) is 23.7 Å². The Kier molecular flexibility index (Phi) is 3.35. The second-order valence-electron chi connectivity index (χ2n) is 5.07. The molecule has 1 fully saturated rings. The average molecular weight is 264 g/mol. The van der Waals surface area contributed by atoms with Crippen molar-refractivity contribution in [2.24, 2.45) is 33.7 Å². The van der Waals surface area contributed by atoms with Gasteiger partial charge in [-0.2, -0.15) is 5.26 Å². The van der Waals surface area contributed by atoms with Gasteiger partial charge in [0, 0.05) is 5.41 Å². The molecule has 2 unspecified atom stereocenters. The molecule has 0 aromatic rings. The van der Waals surface area contributed by atoms with Gasteiger partial charge in [-0.1, -0.05) is 31.5 Å². The second kappa shape index (κ2) is 4.65. The molecule has 0 bridgehead atoms. The molecule has 0 radical (unpaired) electrons. The van der Waals surface area contributed by atoms with Crippen LogP contribution in [0, 0.1) is 28.6 Å². The molecule has 1 saturated carbocycles. The van der Waals surface area contributed by atoms with E-state index in [0.29, 0.717) is 0 Å². The maximum Gasteiger partial charge on any atom is 0.228 e. The number of amidine groups is 1. The minimum atomic E-state index is -0.634. The normalized spacial score (nSPS) is 30.6. The standard InChI is InChI=1S/C12H16N4OS/c13-6-7-9(14)16-11(18)8(10(15)17)12(7)4-2-1-3-5-12/h7-8H,1-5H2,(H2,15,17)(H2,14,16,18). The molecule has 1 heterocycles. The molecule has 2 aliphatic rings. The fourth-order valence-corrected chi connectivity index (χ4v) is 3.81. The molecule has 18 heavy (non-hydrogen) atoms. The van der Waals surface area contributed by atoms with E-state index in [1.165, 1.54) is 0 Å². The van der Waals surface area contributed by atoms with E-state index in [1.807, 2.05) is 0 Å². The van der Waals surface area contributed by atoms with E-state index < -0.39 is 23.2 Å². The van der Waals surface area contributed by atoms with Crippen molar-refractivity contribution in [3.63, 3.8) is 0 Å². The van der Waals surface area contributed by atoms with Crippen LogP contribution in [0.3, 0.4) is 0 Å². The van der Waals surface area contributed by atoms with Gasteiger partial charge in [0.1, 0.15) is 16.7 Å². The molecule has 1 spiro atoms. The summed E-state index contributed by atoms with van der Waals surface area (Å²) in [5.41, 5.74) is 10.8. The maximum atomic E-state index is 11.7. The molecule has 2 rings (SSSR count). The predicted molar refractivity (Wildman–Crippen MR) is 71.5 cm³/mol. The Bertz CT molecular complexity index is 459. The van der Waals surface area contributed by atoms with Crippen molar-refractivity contribution in [3.05, 3.63) is 0 Å². The van der Waals surface area contributed by atoms with Gasteiger partial charge in [-0.25, -0.2) is 4.99 Å². The molecule has 6 heteroatoms. The summed E-state index contributed by atoms with van der Waals surface area (Å²) < 4.78 is 0. The van der Waals surface area contributed by atoms with Crippen molar-refractivity contribution < 1.29 is 4.79 Å². The Balaban J connectivity index is 2.54. The van der Waals surface area contributed by atoms with E-state index in [2.05, 4.69) is 11.1 Å². The summed E-state index contributed by atoms with van der Waals surface area (Å²) >= 11 is 5.16. The topological polar surface area (TPSA) is 105 Å². The van der Waals surface area contributed by atoms with Crippen LogP contribution in [0.5, 0.6) is 0 Å². The van der Waals surface area contributed by atoms with Crippen molar-refractivity contribution in [2.75, 3.05) is 0 Å². The average Bonchev–Trinajstić information content (AvgIpc) is 2.29. The zero-order chi connectivity index (χ0) is 13.3. The van der Waals surface area contributed by atoms with Gasteiger partial charge in [-0.05, 0) is 12.8 Å². The van der Waals surface area contributed by atoms with Crippen LogP contribution in [0.25, 0.3) is 0 Å². The molecule has 1 aliphatic carbocycles. The maximum absolute atomic E-state index is 11.7. The first-order chi connectivity index (χ1) is 8.53. The third-order valence-corrected chi connectivity index (χ3v) is 4.46. The summed E-state index contributed by atoms with van der Waals surface area (Å²) in [4.78, 5) is 16.0. The molecule has 96 valence electrons. The highest BCUT2D eigenvalue weighted by Gasteiger charge is 2.54. The Morgan fingerprint density at radius 3 is 2.56 bits per heavy atom. The first-order valence-corrected chi connectivity index (χ1v) is 6.50.